The fraction of sp³-hybridized carbons (Fsp3) is 0.594. The first kappa shape index (κ1) is 29.9. The van der Waals surface area contributed by atoms with E-state index >= 15 is 0 Å². The predicted molar refractivity (Wildman–Crippen MR) is 150 cm³/mol. The molecule has 0 heterocycles. The number of carbonyl (C=O) groups is 1. The zero-order valence-corrected chi connectivity index (χ0v) is 23.5. The van der Waals surface area contributed by atoms with E-state index < -0.39 is 0 Å². The van der Waals surface area contributed by atoms with E-state index in [1.165, 1.54) is 56.1 Å². The summed E-state index contributed by atoms with van der Waals surface area (Å²) in [7, 11) is 4.23. The molecule has 4 heteroatoms. The van der Waals surface area contributed by atoms with Gasteiger partial charge in [0, 0.05) is 12.0 Å². The van der Waals surface area contributed by atoms with Crippen LogP contribution in [0.25, 0.3) is 0 Å². The van der Waals surface area contributed by atoms with Crippen molar-refractivity contribution in [1.82, 2.24) is 0 Å². The summed E-state index contributed by atoms with van der Waals surface area (Å²) >= 11 is 0. The summed E-state index contributed by atoms with van der Waals surface area (Å²) < 4.78 is 12.5. The summed E-state index contributed by atoms with van der Waals surface area (Å²) in [6, 6.07) is 18.5. The van der Waals surface area contributed by atoms with Crippen molar-refractivity contribution in [2.24, 2.45) is 0 Å². The van der Waals surface area contributed by atoms with Gasteiger partial charge < -0.3 is 14.0 Å². The summed E-state index contributed by atoms with van der Waals surface area (Å²) in [5, 5.41) is 0. The summed E-state index contributed by atoms with van der Waals surface area (Å²) in [4.78, 5) is 13.1. The number of carbonyl (C=O) groups excluding carboxylic acids is 1. The van der Waals surface area contributed by atoms with E-state index in [0.29, 0.717) is 4.48 Å². The number of benzene rings is 2. The summed E-state index contributed by atoms with van der Waals surface area (Å²) in [6.07, 6.45) is 11.8. The average Bonchev–Trinajstić information content (AvgIpc) is 2.86. The minimum absolute atomic E-state index is 0.138. The number of rotatable bonds is 18. The molecular formula is C32H50NO3+. The van der Waals surface area contributed by atoms with E-state index in [2.05, 4.69) is 58.3 Å². The van der Waals surface area contributed by atoms with Crippen LogP contribution in [0.4, 0.5) is 0 Å². The molecule has 0 aliphatic rings. The van der Waals surface area contributed by atoms with Crippen molar-refractivity contribution in [3.8, 4) is 5.75 Å². The quantitative estimate of drug-likeness (QED) is 0.120. The largest absolute Gasteiger partial charge is 0.487 e. The fourth-order valence-corrected chi connectivity index (χ4v) is 4.81. The molecule has 0 amide bonds. The second kappa shape index (κ2) is 16.4. The number of hydrogen-bond donors (Lipinski definition) is 0. The first-order chi connectivity index (χ1) is 17.4. The van der Waals surface area contributed by atoms with E-state index in [4.69, 9.17) is 9.47 Å². The summed E-state index contributed by atoms with van der Waals surface area (Å²) in [5.74, 6) is 0.713. The normalized spacial score (nSPS) is 13.2. The highest BCUT2D eigenvalue weighted by atomic mass is 16.6. The Morgan fingerprint density at radius 2 is 1.50 bits per heavy atom. The first-order valence-corrected chi connectivity index (χ1v) is 14.1. The Bertz CT molecular complexity index is 865. The molecular weight excluding hydrogens is 446 g/mol. The van der Waals surface area contributed by atoms with E-state index in [0.717, 1.165) is 31.6 Å². The number of esters is 1. The van der Waals surface area contributed by atoms with Crippen molar-refractivity contribution in [2.75, 3.05) is 20.7 Å². The molecule has 0 aliphatic heterocycles. The van der Waals surface area contributed by atoms with Gasteiger partial charge in [0.1, 0.15) is 25.0 Å². The van der Waals surface area contributed by atoms with E-state index in [1.54, 1.807) is 0 Å². The van der Waals surface area contributed by atoms with Crippen LogP contribution in [-0.2, 0) is 22.5 Å². The zero-order valence-electron chi connectivity index (χ0n) is 23.5. The molecule has 0 spiro atoms. The number of nitrogens with zero attached hydrogens (tertiary/aromatic N) is 1. The van der Waals surface area contributed by atoms with Gasteiger partial charge in [0.15, 0.2) is 6.04 Å². The second-order valence-corrected chi connectivity index (χ2v) is 10.8. The maximum Gasteiger partial charge on any atom is 0.365 e. The van der Waals surface area contributed by atoms with Gasteiger partial charge in [0.25, 0.3) is 0 Å². The maximum atomic E-state index is 13.1. The molecule has 0 N–H and O–H groups in total. The molecule has 0 saturated carbocycles. The van der Waals surface area contributed by atoms with Crippen LogP contribution in [0.5, 0.6) is 5.75 Å². The molecule has 0 aliphatic carbocycles. The van der Waals surface area contributed by atoms with Gasteiger partial charge in [0.05, 0.1) is 14.1 Å². The molecule has 2 aromatic rings. The Morgan fingerprint density at radius 1 is 0.833 bits per heavy atom. The number of ether oxygens (including phenoxy) is 2. The van der Waals surface area contributed by atoms with Gasteiger partial charge >= 0.3 is 5.97 Å². The van der Waals surface area contributed by atoms with Crippen molar-refractivity contribution < 1.29 is 18.8 Å². The van der Waals surface area contributed by atoms with E-state index in [9.17, 15) is 4.79 Å². The van der Waals surface area contributed by atoms with Crippen molar-refractivity contribution >= 4 is 5.97 Å². The molecule has 36 heavy (non-hydrogen) atoms. The lowest BCUT2D eigenvalue weighted by Crippen LogP contribution is -2.53. The van der Waals surface area contributed by atoms with Gasteiger partial charge in [-0.25, -0.2) is 4.79 Å². The Labute approximate surface area is 220 Å². The third kappa shape index (κ3) is 11.2. The Morgan fingerprint density at radius 3 is 2.19 bits per heavy atom. The van der Waals surface area contributed by atoms with Crippen LogP contribution < -0.4 is 4.74 Å². The van der Waals surface area contributed by atoms with Crippen LogP contribution >= 0.6 is 0 Å². The van der Waals surface area contributed by atoms with Crippen LogP contribution in [0.15, 0.2) is 54.6 Å². The van der Waals surface area contributed by atoms with Crippen molar-refractivity contribution in [3.05, 3.63) is 65.7 Å². The highest BCUT2D eigenvalue weighted by Crippen LogP contribution is 2.21. The van der Waals surface area contributed by atoms with E-state index in [-0.39, 0.29) is 24.7 Å². The molecule has 2 aromatic carbocycles. The molecule has 2 rings (SSSR count). The van der Waals surface area contributed by atoms with Gasteiger partial charge in [-0.2, -0.15) is 0 Å². The van der Waals surface area contributed by atoms with Gasteiger partial charge in [-0.1, -0.05) is 94.8 Å². The monoisotopic (exact) mass is 496 g/mol. The molecule has 200 valence electrons. The third-order valence-corrected chi connectivity index (χ3v) is 6.88. The summed E-state index contributed by atoms with van der Waals surface area (Å²) in [6.45, 7) is 7.39. The zero-order chi connectivity index (χ0) is 26.2. The maximum absolute atomic E-state index is 13.1. The molecule has 2 unspecified atom stereocenters. The molecule has 0 fully saturated rings. The van der Waals surface area contributed by atoms with Gasteiger partial charge in [0.2, 0.25) is 0 Å². The predicted octanol–water partition coefficient (Wildman–Crippen LogP) is 7.74. The number of likely N-dealkylation sites (N-methyl/N-ethyl adjacent to an activating group) is 1. The van der Waals surface area contributed by atoms with E-state index in [1.807, 2.05) is 31.2 Å². The van der Waals surface area contributed by atoms with Crippen LogP contribution in [-0.4, -0.2) is 43.3 Å². The van der Waals surface area contributed by atoms with Gasteiger partial charge in [-0.15, -0.1) is 0 Å². The Balaban J connectivity index is 1.81. The lowest BCUT2D eigenvalue weighted by atomic mass is 10.0. The number of unbranched alkanes of at least 4 members (excludes halogenated alkanes) is 6. The minimum atomic E-state index is -0.201. The highest BCUT2D eigenvalue weighted by molar-refractivity contribution is 5.74. The molecule has 0 bridgehead atoms. The lowest BCUT2D eigenvalue weighted by Gasteiger charge is -2.36. The second-order valence-electron chi connectivity index (χ2n) is 10.8. The van der Waals surface area contributed by atoms with Crippen LogP contribution in [0.3, 0.4) is 0 Å². The van der Waals surface area contributed by atoms with Crippen LogP contribution in [0.2, 0.25) is 0 Å². The highest BCUT2D eigenvalue weighted by Gasteiger charge is 2.36. The molecule has 0 radical (unpaired) electrons. The third-order valence-electron chi connectivity index (χ3n) is 6.88. The Kier molecular flexibility index (Phi) is 13.6. The molecule has 0 saturated heterocycles. The van der Waals surface area contributed by atoms with Crippen molar-refractivity contribution in [2.45, 2.75) is 104 Å². The SMILES string of the molecule is CCCCCCCCCc1cccc(OC(C)COC(=O)C(CCC)[N+](C)(C)Cc2ccccc2)c1. The molecule has 0 aromatic heterocycles. The number of hydrogen-bond acceptors (Lipinski definition) is 3. The standard InChI is InChI=1S/C32H50NO3/c1-6-8-9-10-11-12-14-19-28-22-17-23-30(24-28)36-27(3)26-35-32(34)31(18-7-2)33(4,5)25-29-20-15-13-16-21-29/h13,15-17,20-24,27,31H,6-12,14,18-19,25-26H2,1-5H3/q+1. The van der Waals surface area contributed by atoms with Crippen LogP contribution in [0, 0.1) is 0 Å². The van der Waals surface area contributed by atoms with Crippen LogP contribution in [0.1, 0.15) is 89.7 Å². The topological polar surface area (TPSA) is 35.5 Å². The lowest BCUT2D eigenvalue weighted by molar-refractivity contribution is -0.920. The van der Waals surface area contributed by atoms with Gasteiger partial charge in [-0.05, 0) is 43.9 Å². The van der Waals surface area contributed by atoms with Gasteiger partial charge in [-0.3, -0.25) is 0 Å². The number of aryl methyl sites for hydroxylation is 1. The number of quaternary nitrogens is 1. The van der Waals surface area contributed by atoms with Crippen molar-refractivity contribution in [1.29, 1.82) is 0 Å². The minimum Gasteiger partial charge on any atom is -0.487 e. The van der Waals surface area contributed by atoms with Crippen molar-refractivity contribution in [3.63, 3.8) is 0 Å². The fourth-order valence-electron chi connectivity index (χ4n) is 4.81. The Hall–Kier alpha value is -2.33. The summed E-state index contributed by atoms with van der Waals surface area (Å²) in [5.41, 5.74) is 2.54. The average molecular weight is 497 g/mol. The molecule has 4 nitrogen and oxygen atoms in total. The first-order valence-electron chi connectivity index (χ1n) is 14.1. The molecule has 2 atom stereocenters. The smallest absolute Gasteiger partial charge is 0.365 e.